The first kappa shape index (κ1) is 20.8. The van der Waals surface area contributed by atoms with Crippen molar-refractivity contribution in [2.75, 3.05) is 13.3 Å². The van der Waals surface area contributed by atoms with Crippen molar-refractivity contribution < 1.29 is 23.9 Å². The quantitative estimate of drug-likeness (QED) is 0.314. The molecule has 1 unspecified atom stereocenters. The van der Waals surface area contributed by atoms with Crippen LogP contribution in [-0.4, -0.2) is 36.8 Å². The van der Waals surface area contributed by atoms with E-state index in [0.29, 0.717) is 11.6 Å². The summed E-state index contributed by atoms with van der Waals surface area (Å²) in [6.07, 6.45) is 2.10. The number of carbonyl (C=O) groups is 3. The summed E-state index contributed by atoms with van der Waals surface area (Å²) in [5.41, 5.74) is 1.48. The average molecular weight is 410 g/mol. The first-order valence-corrected chi connectivity index (χ1v) is 11.4. The molecule has 150 valence electrons. The van der Waals surface area contributed by atoms with E-state index in [1.807, 2.05) is 37.3 Å². The predicted molar refractivity (Wildman–Crippen MR) is 115 cm³/mol. The van der Waals surface area contributed by atoms with Crippen molar-refractivity contribution in [3.8, 4) is 5.75 Å². The van der Waals surface area contributed by atoms with Gasteiger partial charge in [-0.1, -0.05) is 53.9 Å². The van der Waals surface area contributed by atoms with Crippen LogP contribution in [0.3, 0.4) is 0 Å². The number of aldehydes is 1. The van der Waals surface area contributed by atoms with Crippen molar-refractivity contribution in [3.63, 3.8) is 0 Å². The minimum Gasteiger partial charge on any atom is -0.466 e. The van der Waals surface area contributed by atoms with E-state index in [1.165, 1.54) is 12.7 Å². The van der Waals surface area contributed by atoms with Crippen molar-refractivity contribution >= 4 is 35.7 Å². The molecule has 0 bridgehead atoms. The van der Waals surface area contributed by atoms with E-state index in [-0.39, 0.29) is 17.7 Å². The van der Waals surface area contributed by atoms with Gasteiger partial charge in [-0.15, -0.1) is 0 Å². The standard InChI is InChI=1S/C23H23O5P/c1-17-12-13-29(16-17,19-9-4-3-5-10-19)21(23(26)27-2)14-22(25)28-20-11-7-6-8-18(20)15-24/h3-11,15-16H,12-14H2,1-2H3. The van der Waals surface area contributed by atoms with E-state index < -0.39 is 18.8 Å². The lowest BCUT2D eigenvalue weighted by Gasteiger charge is -2.24. The molecule has 2 aromatic rings. The summed E-state index contributed by atoms with van der Waals surface area (Å²) in [4.78, 5) is 36.7. The first-order chi connectivity index (χ1) is 14.0. The zero-order chi connectivity index (χ0) is 20.9. The third-order valence-corrected chi connectivity index (χ3v) is 9.33. The summed E-state index contributed by atoms with van der Waals surface area (Å²) >= 11 is 0. The molecule has 1 heterocycles. The largest absolute Gasteiger partial charge is 0.466 e. The maximum absolute atomic E-state index is 12.8. The van der Waals surface area contributed by atoms with Gasteiger partial charge in [-0.05, 0) is 43.8 Å². The summed E-state index contributed by atoms with van der Waals surface area (Å²) < 4.78 is 10.5. The molecule has 1 aliphatic heterocycles. The van der Waals surface area contributed by atoms with Crippen molar-refractivity contribution in [2.45, 2.75) is 19.8 Å². The first-order valence-electron chi connectivity index (χ1n) is 9.31. The van der Waals surface area contributed by atoms with Crippen LogP contribution in [0.4, 0.5) is 0 Å². The normalized spacial score (nSPS) is 17.9. The second-order valence-corrected chi connectivity index (χ2v) is 10.4. The van der Waals surface area contributed by atoms with Gasteiger partial charge in [0.25, 0.3) is 0 Å². The Hall–Kier alpha value is -2.91. The molecule has 0 saturated heterocycles. The van der Waals surface area contributed by atoms with Crippen LogP contribution in [0.2, 0.25) is 0 Å². The van der Waals surface area contributed by atoms with E-state index in [0.717, 1.165) is 17.9 Å². The molecule has 0 radical (unpaired) electrons. The van der Waals surface area contributed by atoms with Crippen LogP contribution in [0.1, 0.15) is 30.1 Å². The fourth-order valence-electron chi connectivity index (χ4n) is 3.58. The summed E-state index contributed by atoms with van der Waals surface area (Å²) in [5.74, 6) is 1.25. The molecule has 3 rings (SSSR count). The summed E-state index contributed by atoms with van der Waals surface area (Å²) in [7, 11) is 1.32. The maximum atomic E-state index is 12.8. The molecule has 0 aromatic heterocycles. The lowest BCUT2D eigenvalue weighted by Crippen LogP contribution is -2.26. The smallest absolute Gasteiger partial charge is 0.335 e. The van der Waals surface area contributed by atoms with Gasteiger partial charge in [0.1, 0.15) is 5.75 Å². The molecule has 2 aromatic carbocycles. The van der Waals surface area contributed by atoms with Crippen molar-refractivity contribution in [1.29, 1.82) is 0 Å². The molecule has 1 atom stereocenters. The van der Waals surface area contributed by atoms with Crippen LogP contribution in [0.25, 0.3) is 0 Å². The Kier molecular flexibility index (Phi) is 6.50. The monoisotopic (exact) mass is 410 g/mol. The van der Waals surface area contributed by atoms with Crippen LogP contribution in [-0.2, 0) is 14.3 Å². The van der Waals surface area contributed by atoms with Crippen LogP contribution in [0.5, 0.6) is 5.75 Å². The number of esters is 2. The van der Waals surface area contributed by atoms with Crippen molar-refractivity contribution in [3.05, 3.63) is 71.6 Å². The van der Waals surface area contributed by atoms with E-state index in [2.05, 4.69) is 5.82 Å². The fraction of sp³-hybridized carbons (Fsp3) is 0.217. The van der Waals surface area contributed by atoms with E-state index in [9.17, 15) is 14.4 Å². The second-order valence-electron chi connectivity index (χ2n) is 6.90. The molecular formula is C23H23O5P. The number of methoxy groups -OCH3 is 1. The predicted octanol–water partition coefficient (Wildman–Crippen LogP) is 3.79. The average Bonchev–Trinajstić information content (AvgIpc) is 3.15. The number of allylic oxidation sites excluding steroid dienone is 1. The van der Waals surface area contributed by atoms with Gasteiger partial charge in [0.15, 0.2) is 6.29 Å². The number of hydrogen-bond acceptors (Lipinski definition) is 5. The summed E-state index contributed by atoms with van der Waals surface area (Å²) in [5, 5.41) is 1.48. The Morgan fingerprint density at radius 2 is 1.76 bits per heavy atom. The Morgan fingerprint density at radius 3 is 2.38 bits per heavy atom. The van der Waals surface area contributed by atoms with Gasteiger partial charge in [-0.2, -0.15) is 0 Å². The molecule has 0 aliphatic carbocycles. The Balaban J connectivity index is 2.06. The zero-order valence-electron chi connectivity index (χ0n) is 16.5. The molecule has 1 aliphatic rings. The molecule has 0 saturated carbocycles. The molecule has 6 heteroatoms. The van der Waals surface area contributed by atoms with Gasteiger partial charge in [0.2, 0.25) is 0 Å². The Labute approximate surface area is 170 Å². The third kappa shape index (κ3) is 4.41. The number of benzene rings is 2. The van der Waals surface area contributed by atoms with Gasteiger partial charge in [-0.3, -0.25) is 9.59 Å². The summed E-state index contributed by atoms with van der Waals surface area (Å²) in [6.45, 7) is -0.166. The molecular weight excluding hydrogens is 387 g/mol. The second kappa shape index (κ2) is 9.06. The molecule has 0 N–H and O–H groups in total. The van der Waals surface area contributed by atoms with Crippen LogP contribution in [0, 0.1) is 0 Å². The summed E-state index contributed by atoms with van der Waals surface area (Å²) in [6, 6.07) is 16.3. The molecule has 29 heavy (non-hydrogen) atoms. The van der Waals surface area contributed by atoms with Gasteiger partial charge in [-0.25, -0.2) is 4.79 Å². The Morgan fingerprint density at radius 1 is 1.07 bits per heavy atom. The van der Waals surface area contributed by atoms with Crippen LogP contribution < -0.4 is 10.0 Å². The highest BCUT2D eigenvalue weighted by molar-refractivity contribution is 7.87. The van der Waals surface area contributed by atoms with E-state index in [1.54, 1.807) is 24.3 Å². The zero-order valence-corrected chi connectivity index (χ0v) is 17.4. The van der Waals surface area contributed by atoms with Crippen LogP contribution in [0.15, 0.2) is 66.0 Å². The third-order valence-electron chi connectivity index (χ3n) is 5.00. The molecule has 0 spiro atoms. The molecule has 5 nitrogen and oxygen atoms in total. The van der Waals surface area contributed by atoms with Crippen molar-refractivity contribution in [2.24, 2.45) is 0 Å². The number of carbonyl (C=O) groups excluding carboxylic acids is 3. The van der Waals surface area contributed by atoms with Crippen molar-refractivity contribution in [1.82, 2.24) is 0 Å². The minimum atomic E-state index is -2.21. The van der Waals surface area contributed by atoms with Gasteiger partial charge < -0.3 is 9.47 Å². The molecule has 0 fully saturated rings. The van der Waals surface area contributed by atoms with Gasteiger partial charge >= 0.3 is 11.9 Å². The highest BCUT2D eigenvalue weighted by atomic mass is 31.2. The van der Waals surface area contributed by atoms with Gasteiger partial charge in [0, 0.05) is 0 Å². The topological polar surface area (TPSA) is 69.7 Å². The highest BCUT2D eigenvalue weighted by Crippen LogP contribution is 2.56. The Bertz CT molecular complexity index is 1020. The van der Waals surface area contributed by atoms with E-state index >= 15 is 0 Å². The van der Waals surface area contributed by atoms with Gasteiger partial charge in [0.05, 0.1) is 24.4 Å². The SMILES string of the molecule is COC(=O)C(CC(=O)Oc1ccccc1C=O)=P1(c2ccccc2)C=C(C)CC1. The number of hydrogen-bond donors (Lipinski definition) is 0. The lowest BCUT2D eigenvalue weighted by atomic mass is 10.2. The van der Waals surface area contributed by atoms with Crippen LogP contribution >= 0.6 is 6.89 Å². The number of para-hydroxylation sites is 1. The molecule has 0 amide bonds. The lowest BCUT2D eigenvalue weighted by molar-refractivity contribution is -0.136. The fourth-order valence-corrected chi connectivity index (χ4v) is 7.98. The maximum Gasteiger partial charge on any atom is 0.335 e. The minimum absolute atomic E-state index is 0.182. The highest BCUT2D eigenvalue weighted by Gasteiger charge is 2.33. The van der Waals surface area contributed by atoms with E-state index in [4.69, 9.17) is 9.47 Å². The number of ether oxygens (including phenoxy) is 2. The number of rotatable bonds is 6.